The van der Waals surface area contributed by atoms with Crippen LogP contribution in [0.3, 0.4) is 0 Å². The molecule has 0 atom stereocenters. The molecule has 1 heterocycles. The molecule has 2 aromatic rings. The molecule has 1 N–H and O–H groups in total. The summed E-state index contributed by atoms with van der Waals surface area (Å²) in [5.41, 5.74) is 3.12. The minimum absolute atomic E-state index is 0.189. The molecule has 0 unspecified atom stereocenters. The van der Waals surface area contributed by atoms with Gasteiger partial charge in [0.1, 0.15) is 0 Å². The lowest BCUT2D eigenvalue weighted by Gasteiger charge is -2.12. The third kappa shape index (κ3) is 3.56. The van der Waals surface area contributed by atoms with Crippen LogP contribution in [0, 0.1) is 6.92 Å². The monoisotopic (exact) mass is 284 g/mol. The van der Waals surface area contributed by atoms with Crippen molar-refractivity contribution in [3.05, 3.63) is 47.3 Å². The Hall–Kier alpha value is -2.43. The molecule has 0 aliphatic carbocycles. The third-order valence-electron chi connectivity index (χ3n) is 3.20. The predicted molar refractivity (Wildman–Crippen MR) is 84.9 cm³/mol. The van der Waals surface area contributed by atoms with Gasteiger partial charge < -0.3 is 10.2 Å². The van der Waals surface area contributed by atoms with E-state index in [0.29, 0.717) is 17.2 Å². The van der Waals surface area contributed by atoms with Gasteiger partial charge in [-0.2, -0.15) is 0 Å². The Kier molecular flexibility index (Phi) is 4.52. The Morgan fingerprint density at radius 1 is 1.33 bits per heavy atom. The number of anilines is 2. The summed E-state index contributed by atoms with van der Waals surface area (Å²) in [5.74, 6) is 0.406. The second-order valence-corrected chi connectivity index (χ2v) is 5.07. The molecule has 0 aliphatic heterocycles. The van der Waals surface area contributed by atoms with Crippen LogP contribution in [0.25, 0.3) is 0 Å². The molecule has 5 nitrogen and oxygen atoms in total. The van der Waals surface area contributed by atoms with Crippen LogP contribution in [-0.2, 0) is 6.42 Å². The van der Waals surface area contributed by atoms with Crippen molar-refractivity contribution in [3.63, 3.8) is 0 Å². The van der Waals surface area contributed by atoms with E-state index in [9.17, 15) is 4.79 Å². The largest absolute Gasteiger partial charge is 0.347 e. The summed E-state index contributed by atoms with van der Waals surface area (Å²) >= 11 is 0. The van der Waals surface area contributed by atoms with Gasteiger partial charge in [0.05, 0.1) is 11.3 Å². The van der Waals surface area contributed by atoms with Crippen molar-refractivity contribution in [1.82, 2.24) is 9.97 Å². The van der Waals surface area contributed by atoms with Crippen LogP contribution < -0.4 is 10.2 Å². The molecule has 0 aliphatic rings. The molecular formula is C16H20N4O. The van der Waals surface area contributed by atoms with Gasteiger partial charge in [-0.1, -0.05) is 19.1 Å². The van der Waals surface area contributed by atoms with E-state index in [-0.39, 0.29) is 5.91 Å². The molecule has 1 aromatic carbocycles. The first-order valence-electron chi connectivity index (χ1n) is 6.92. The molecule has 21 heavy (non-hydrogen) atoms. The first kappa shape index (κ1) is 15.0. The molecule has 1 amide bonds. The highest BCUT2D eigenvalue weighted by molar-refractivity contribution is 6.04. The standard InChI is InChI=1S/C16H20N4O/c1-5-12-7-6-8-13(9-12)19-15(21)14-10-17-16(20(3)4)18-11(14)2/h6-10H,5H2,1-4H3,(H,19,21). The van der Waals surface area contributed by atoms with Crippen LogP contribution in [0.5, 0.6) is 0 Å². The Morgan fingerprint density at radius 2 is 2.10 bits per heavy atom. The van der Waals surface area contributed by atoms with Gasteiger partial charge in [0, 0.05) is 26.0 Å². The number of nitrogens with one attached hydrogen (secondary N) is 1. The molecule has 0 saturated carbocycles. The van der Waals surface area contributed by atoms with E-state index < -0.39 is 0 Å². The number of amides is 1. The van der Waals surface area contributed by atoms with E-state index >= 15 is 0 Å². The molecule has 0 bridgehead atoms. The summed E-state index contributed by atoms with van der Waals surface area (Å²) in [6.07, 6.45) is 2.50. The van der Waals surface area contributed by atoms with Crippen molar-refractivity contribution in [1.29, 1.82) is 0 Å². The maximum absolute atomic E-state index is 12.3. The minimum Gasteiger partial charge on any atom is -0.347 e. The molecule has 110 valence electrons. The van der Waals surface area contributed by atoms with Gasteiger partial charge >= 0.3 is 0 Å². The molecule has 1 aromatic heterocycles. The van der Waals surface area contributed by atoms with Gasteiger partial charge in [-0.15, -0.1) is 0 Å². The molecular weight excluding hydrogens is 264 g/mol. The van der Waals surface area contributed by atoms with Crippen molar-refractivity contribution in [3.8, 4) is 0 Å². The van der Waals surface area contributed by atoms with Gasteiger partial charge in [0.15, 0.2) is 0 Å². The Morgan fingerprint density at radius 3 is 2.71 bits per heavy atom. The summed E-state index contributed by atoms with van der Waals surface area (Å²) < 4.78 is 0. The zero-order valence-electron chi connectivity index (χ0n) is 12.8. The quantitative estimate of drug-likeness (QED) is 0.937. The molecule has 0 radical (unpaired) electrons. The average molecular weight is 284 g/mol. The van der Waals surface area contributed by atoms with Gasteiger partial charge in [-0.3, -0.25) is 4.79 Å². The fraction of sp³-hybridized carbons (Fsp3) is 0.312. The third-order valence-corrected chi connectivity index (χ3v) is 3.20. The van der Waals surface area contributed by atoms with Gasteiger partial charge in [-0.05, 0) is 31.0 Å². The smallest absolute Gasteiger partial charge is 0.259 e. The van der Waals surface area contributed by atoms with Crippen LogP contribution in [0.1, 0.15) is 28.5 Å². The van der Waals surface area contributed by atoms with E-state index in [1.54, 1.807) is 11.1 Å². The Bertz CT molecular complexity index is 652. The van der Waals surface area contributed by atoms with Crippen LogP contribution in [0.2, 0.25) is 0 Å². The summed E-state index contributed by atoms with van der Waals surface area (Å²) in [5, 5.41) is 2.89. The number of benzene rings is 1. The zero-order chi connectivity index (χ0) is 15.4. The zero-order valence-corrected chi connectivity index (χ0v) is 12.8. The summed E-state index contributed by atoms with van der Waals surface area (Å²) in [4.78, 5) is 22.6. The van der Waals surface area contributed by atoms with Crippen LogP contribution >= 0.6 is 0 Å². The van der Waals surface area contributed by atoms with E-state index in [2.05, 4.69) is 22.2 Å². The maximum atomic E-state index is 12.3. The number of aromatic nitrogens is 2. The topological polar surface area (TPSA) is 58.1 Å². The van der Waals surface area contributed by atoms with Crippen molar-refractivity contribution >= 4 is 17.5 Å². The van der Waals surface area contributed by atoms with E-state index in [1.165, 1.54) is 5.56 Å². The predicted octanol–water partition coefficient (Wildman–Crippen LogP) is 2.67. The van der Waals surface area contributed by atoms with Gasteiger partial charge in [0.25, 0.3) is 5.91 Å². The highest BCUT2D eigenvalue weighted by atomic mass is 16.1. The van der Waals surface area contributed by atoms with E-state index in [4.69, 9.17) is 0 Å². The first-order valence-corrected chi connectivity index (χ1v) is 6.92. The average Bonchev–Trinajstić information content (AvgIpc) is 2.47. The highest BCUT2D eigenvalue weighted by Gasteiger charge is 2.12. The fourth-order valence-electron chi connectivity index (χ4n) is 1.96. The van der Waals surface area contributed by atoms with Crippen LogP contribution in [-0.4, -0.2) is 30.0 Å². The Labute approximate surface area is 125 Å². The number of carbonyl (C=O) groups is 1. The molecule has 0 spiro atoms. The summed E-state index contributed by atoms with van der Waals surface area (Å²) in [6.45, 7) is 3.89. The first-order chi connectivity index (χ1) is 10.0. The maximum Gasteiger partial charge on any atom is 0.259 e. The highest BCUT2D eigenvalue weighted by Crippen LogP contribution is 2.14. The number of hydrogen-bond acceptors (Lipinski definition) is 4. The molecule has 0 saturated heterocycles. The summed E-state index contributed by atoms with van der Waals surface area (Å²) in [7, 11) is 3.73. The minimum atomic E-state index is -0.189. The lowest BCUT2D eigenvalue weighted by Crippen LogP contribution is -2.18. The van der Waals surface area contributed by atoms with Crippen LogP contribution in [0.15, 0.2) is 30.5 Å². The van der Waals surface area contributed by atoms with Gasteiger partial charge in [0.2, 0.25) is 5.95 Å². The molecule has 2 rings (SSSR count). The Balaban J connectivity index is 2.20. The van der Waals surface area contributed by atoms with Crippen molar-refractivity contribution in [2.24, 2.45) is 0 Å². The molecule has 0 fully saturated rings. The van der Waals surface area contributed by atoms with E-state index in [1.807, 2.05) is 45.3 Å². The second-order valence-electron chi connectivity index (χ2n) is 5.07. The number of aryl methyl sites for hydroxylation is 2. The van der Waals surface area contributed by atoms with Crippen molar-refractivity contribution in [2.45, 2.75) is 20.3 Å². The summed E-state index contributed by atoms with van der Waals surface area (Å²) in [6, 6.07) is 7.83. The van der Waals surface area contributed by atoms with Gasteiger partial charge in [-0.25, -0.2) is 9.97 Å². The number of hydrogen-bond donors (Lipinski definition) is 1. The lowest BCUT2D eigenvalue weighted by atomic mass is 10.1. The normalized spacial score (nSPS) is 10.3. The van der Waals surface area contributed by atoms with Crippen LogP contribution in [0.4, 0.5) is 11.6 Å². The lowest BCUT2D eigenvalue weighted by molar-refractivity contribution is 0.102. The number of nitrogens with zero attached hydrogens (tertiary/aromatic N) is 3. The fourth-order valence-corrected chi connectivity index (χ4v) is 1.96. The SMILES string of the molecule is CCc1cccc(NC(=O)c2cnc(N(C)C)nc2C)c1. The number of rotatable bonds is 4. The van der Waals surface area contributed by atoms with E-state index in [0.717, 1.165) is 12.1 Å². The van der Waals surface area contributed by atoms with Crippen molar-refractivity contribution < 1.29 is 4.79 Å². The van der Waals surface area contributed by atoms with Crippen molar-refractivity contribution in [2.75, 3.05) is 24.3 Å². The molecule has 5 heteroatoms. The number of carbonyl (C=O) groups excluding carboxylic acids is 1. The second kappa shape index (κ2) is 6.35.